The number of ether oxygens (including phenoxy) is 1. The third-order valence-electron chi connectivity index (χ3n) is 4.55. The smallest absolute Gasteiger partial charge is 0.280 e. The quantitative estimate of drug-likeness (QED) is 0.853. The van der Waals surface area contributed by atoms with E-state index >= 15 is 0 Å². The van der Waals surface area contributed by atoms with Crippen LogP contribution in [-0.4, -0.2) is 41.3 Å². The lowest BCUT2D eigenvalue weighted by Gasteiger charge is -2.28. The molecular weight excluding hydrogens is 340 g/mol. The van der Waals surface area contributed by atoms with Crippen LogP contribution >= 0.6 is 0 Å². The van der Waals surface area contributed by atoms with Gasteiger partial charge >= 0.3 is 0 Å². The fraction of sp³-hybridized carbons (Fsp3) is 0.500. The molecule has 8 heteroatoms. The Hall–Kier alpha value is -2.35. The van der Waals surface area contributed by atoms with Crippen LogP contribution in [0.4, 0.5) is 20.4 Å². The van der Waals surface area contributed by atoms with Crippen molar-refractivity contribution in [3.05, 3.63) is 41.5 Å². The Bertz CT molecular complexity index is 743. The topological polar surface area (TPSA) is 63.2 Å². The summed E-state index contributed by atoms with van der Waals surface area (Å²) in [6.07, 6.45) is 1.12. The van der Waals surface area contributed by atoms with Crippen LogP contribution < -0.4 is 10.2 Å². The first-order chi connectivity index (χ1) is 12.7. The van der Waals surface area contributed by atoms with Crippen LogP contribution in [0.1, 0.15) is 42.3 Å². The predicted molar refractivity (Wildman–Crippen MR) is 93.6 cm³/mol. The number of aromatic nitrogens is 3. The van der Waals surface area contributed by atoms with E-state index in [4.69, 9.17) is 4.74 Å². The normalized spacial score (nSPS) is 17.6. The molecule has 1 saturated carbocycles. The number of pyridine rings is 1. The van der Waals surface area contributed by atoms with Gasteiger partial charge < -0.3 is 15.0 Å². The number of morpholine rings is 1. The molecule has 0 amide bonds. The highest BCUT2D eigenvalue weighted by atomic mass is 19.3. The van der Waals surface area contributed by atoms with Gasteiger partial charge in [0.1, 0.15) is 23.2 Å². The monoisotopic (exact) mass is 361 g/mol. The largest absolute Gasteiger partial charge is 0.378 e. The maximum atomic E-state index is 13.1. The summed E-state index contributed by atoms with van der Waals surface area (Å²) in [6.45, 7) is 3.52. The average Bonchev–Trinajstić information content (AvgIpc) is 3.52. The Labute approximate surface area is 150 Å². The van der Waals surface area contributed by atoms with Gasteiger partial charge in [-0.1, -0.05) is 0 Å². The molecule has 0 radical (unpaired) electrons. The lowest BCUT2D eigenvalue weighted by atomic mass is 10.2. The number of rotatable bonds is 6. The number of hydrogen-bond acceptors (Lipinski definition) is 6. The average molecular weight is 361 g/mol. The van der Waals surface area contributed by atoms with Crippen molar-refractivity contribution >= 4 is 11.6 Å². The first-order valence-electron chi connectivity index (χ1n) is 8.87. The van der Waals surface area contributed by atoms with Crippen LogP contribution in [0.3, 0.4) is 0 Å². The number of nitrogens with one attached hydrogen (secondary N) is 1. The van der Waals surface area contributed by atoms with E-state index in [0.717, 1.165) is 37.3 Å². The summed E-state index contributed by atoms with van der Waals surface area (Å²) < 4.78 is 31.5. The van der Waals surface area contributed by atoms with E-state index in [-0.39, 0.29) is 11.6 Å². The molecule has 2 fully saturated rings. The first kappa shape index (κ1) is 17.1. The summed E-state index contributed by atoms with van der Waals surface area (Å²) in [6, 6.07) is 5.25. The van der Waals surface area contributed by atoms with Gasteiger partial charge in [0.05, 0.1) is 13.2 Å². The van der Waals surface area contributed by atoms with Gasteiger partial charge in [-0.3, -0.25) is 0 Å². The summed E-state index contributed by atoms with van der Waals surface area (Å²) in [5.74, 6) is 2.10. The van der Waals surface area contributed by atoms with Gasteiger partial charge in [0.2, 0.25) is 0 Å². The SMILES string of the molecule is FC(F)c1cc(NCc2ccnc(N3CCOCC3)c2)nc(C2CC2)n1. The molecule has 138 valence electrons. The second kappa shape index (κ2) is 7.49. The third kappa shape index (κ3) is 4.07. The minimum Gasteiger partial charge on any atom is -0.378 e. The molecule has 1 aliphatic carbocycles. The molecule has 0 atom stereocenters. The van der Waals surface area contributed by atoms with Crippen molar-refractivity contribution in [3.63, 3.8) is 0 Å². The molecule has 2 aromatic heterocycles. The van der Waals surface area contributed by atoms with Crippen LogP contribution in [0, 0.1) is 0 Å². The number of hydrogen-bond donors (Lipinski definition) is 1. The molecule has 0 spiro atoms. The molecule has 0 bridgehead atoms. The maximum absolute atomic E-state index is 13.1. The van der Waals surface area contributed by atoms with Crippen LogP contribution in [0.2, 0.25) is 0 Å². The summed E-state index contributed by atoms with van der Waals surface area (Å²) in [5, 5.41) is 3.15. The summed E-state index contributed by atoms with van der Waals surface area (Å²) in [4.78, 5) is 15.0. The number of nitrogens with zero attached hydrogens (tertiary/aromatic N) is 4. The lowest BCUT2D eigenvalue weighted by Crippen LogP contribution is -2.36. The van der Waals surface area contributed by atoms with E-state index in [0.29, 0.717) is 31.4 Å². The second-order valence-electron chi connectivity index (χ2n) is 6.59. The highest BCUT2D eigenvalue weighted by Gasteiger charge is 2.28. The molecule has 0 aromatic carbocycles. The van der Waals surface area contributed by atoms with Gasteiger partial charge in [-0.25, -0.2) is 23.7 Å². The Morgan fingerprint density at radius 1 is 1.19 bits per heavy atom. The van der Waals surface area contributed by atoms with E-state index in [1.807, 2.05) is 12.1 Å². The molecule has 1 N–H and O–H groups in total. The Morgan fingerprint density at radius 2 is 2.00 bits per heavy atom. The van der Waals surface area contributed by atoms with Crippen molar-refractivity contribution in [2.24, 2.45) is 0 Å². The molecule has 0 unspecified atom stereocenters. The zero-order valence-corrected chi connectivity index (χ0v) is 14.4. The van der Waals surface area contributed by atoms with Gasteiger partial charge in [-0.05, 0) is 30.5 Å². The molecule has 1 saturated heterocycles. The Morgan fingerprint density at radius 3 is 2.73 bits per heavy atom. The fourth-order valence-electron chi connectivity index (χ4n) is 2.94. The zero-order valence-electron chi connectivity index (χ0n) is 14.4. The zero-order chi connectivity index (χ0) is 17.9. The van der Waals surface area contributed by atoms with Crippen molar-refractivity contribution < 1.29 is 13.5 Å². The van der Waals surface area contributed by atoms with Gasteiger partial charge in [-0.15, -0.1) is 0 Å². The lowest BCUT2D eigenvalue weighted by molar-refractivity contribution is 0.122. The standard InChI is InChI=1S/C18H21F2N5O/c19-17(20)14-10-15(24-18(23-14)13-1-2-13)22-11-12-3-4-21-16(9-12)25-5-7-26-8-6-25/h3-4,9-10,13,17H,1-2,5-8,11H2,(H,22,23,24). The molecule has 2 aliphatic rings. The Kier molecular flexibility index (Phi) is 4.92. The number of alkyl halides is 2. The minimum atomic E-state index is -2.59. The van der Waals surface area contributed by atoms with Gasteiger partial charge in [-0.2, -0.15) is 0 Å². The summed E-state index contributed by atoms with van der Waals surface area (Å²) in [5.41, 5.74) is 0.805. The maximum Gasteiger partial charge on any atom is 0.280 e. The van der Waals surface area contributed by atoms with E-state index in [1.165, 1.54) is 6.07 Å². The first-order valence-corrected chi connectivity index (χ1v) is 8.87. The molecule has 26 heavy (non-hydrogen) atoms. The van der Waals surface area contributed by atoms with E-state index in [2.05, 4.69) is 25.2 Å². The van der Waals surface area contributed by atoms with E-state index in [9.17, 15) is 8.78 Å². The second-order valence-corrected chi connectivity index (χ2v) is 6.59. The highest BCUT2D eigenvalue weighted by molar-refractivity contribution is 5.43. The van der Waals surface area contributed by atoms with Crippen molar-refractivity contribution in [3.8, 4) is 0 Å². The van der Waals surface area contributed by atoms with Crippen LogP contribution in [0.5, 0.6) is 0 Å². The van der Waals surface area contributed by atoms with Crippen molar-refractivity contribution in [1.29, 1.82) is 0 Å². The van der Waals surface area contributed by atoms with Gasteiger partial charge in [0.15, 0.2) is 0 Å². The molecule has 6 nitrogen and oxygen atoms in total. The third-order valence-corrected chi connectivity index (χ3v) is 4.55. The molecule has 3 heterocycles. The van der Waals surface area contributed by atoms with Gasteiger partial charge in [0, 0.05) is 37.8 Å². The van der Waals surface area contributed by atoms with E-state index < -0.39 is 6.43 Å². The summed E-state index contributed by atoms with van der Waals surface area (Å²) in [7, 11) is 0. The van der Waals surface area contributed by atoms with Crippen molar-refractivity contribution in [2.75, 3.05) is 36.5 Å². The summed E-state index contributed by atoms with van der Waals surface area (Å²) >= 11 is 0. The van der Waals surface area contributed by atoms with Crippen LogP contribution in [-0.2, 0) is 11.3 Å². The predicted octanol–water partition coefficient (Wildman–Crippen LogP) is 3.14. The van der Waals surface area contributed by atoms with Crippen molar-refractivity contribution in [2.45, 2.75) is 31.7 Å². The highest BCUT2D eigenvalue weighted by Crippen LogP contribution is 2.39. The van der Waals surface area contributed by atoms with Gasteiger partial charge in [0.25, 0.3) is 6.43 Å². The van der Waals surface area contributed by atoms with Crippen LogP contribution in [0.15, 0.2) is 24.4 Å². The number of anilines is 2. The van der Waals surface area contributed by atoms with E-state index in [1.54, 1.807) is 6.20 Å². The number of halogens is 2. The van der Waals surface area contributed by atoms with Crippen molar-refractivity contribution in [1.82, 2.24) is 15.0 Å². The van der Waals surface area contributed by atoms with Crippen LogP contribution in [0.25, 0.3) is 0 Å². The fourth-order valence-corrected chi connectivity index (χ4v) is 2.94. The molecular formula is C18H21F2N5O. The Balaban J connectivity index is 1.46. The molecule has 1 aliphatic heterocycles. The minimum absolute atomic E-state index is 0.215. The molecule has 2 aromatic rings. The molecule has 4 rings (SSSR count).